The molecule has 1 aromatic rings. The molecule has 1 aliphatic heterocycles. The third kappa shape index (κ3) is 0.673. The molecule has 1 aromatic carbocycles. The summed E-state index contributed by atoms with van der Waals surface area (Å²) >= 11 is 0. The zero-order chi connectivity index (χ0) is 6.97. The zero-order valence-electron chi connectivity index (χ0n) is 5.13. The van der Waals surface area contributed by atoms with Crippen molar-refractivity contribution in [1.29, 1.82) is 0 Å². The van der Waals surface area contributed by atoms with Crippen LogP contribution in [0.5, 0.6) is 17.2 Å². The summed E-state index contributed by atoms with van der Waals surface area (Å²) in [5.41, 5.74) is 0. The molecule has 51 valence electrons. The Balaban J connectivity index is 2.52. The first-order valence-corrected chi connectivity index (χ1v) is 2.86. The van der Waals surface area contributed by atoms with Crippen molar-refractivity contribution in [1.82, 2.24) is 0 Å². The molecule has 1 radical (unpaired) electrons. The molecular weight excluding hydrogens is 132 g/mol. The highest BCUT2D eigenvalue weighted by molar-refractivity contribution is 5.45. The SMILES string of the molecule is Oc1c[c]c2c(c1)OCO2. The molecule has 0 bridgehead atoms. The summed E-state index contributed by atoms with van der Waals surface area (Å²) in [6.07, 6.45) is 0. The Hall–Kier alpha value is -1.38. The summed E-state index contributed by atoms with van der Waals surface area (Å²) in [4.78, 5) is 0. The number of phenols is 1. The first-order valence-electron chi connectivity index (χ1n) is 2.86. The Kier molecular flexibility index (Phi) is 0.974. The Bertz CT molecular complexity index is 257. The van der Waals surface area contributed by atoms with E-state index >= 15 is 0 Å². The van der Waals surface area contributed by atoms with Crippen LogP contribution in [0.3, 0.4) is 0 Å². The number of aromatic hydroxyl groups is 1. The summed E-state index contributed by atoms with van der Waals surface area (Å²) in [7, 11) is 0. The van der Waals surface area contributed by atoms with E-state index in [-0.39, 0.29) is 12.5 Å². The number of hydrogen-bond acceptors (Lipinski definition) is 3. The fourth-order valence-corrected chi connectivity index (χ4v) is 0.824. The lowest BCUT2D eigenvalue weighted by molar-refractivity contribution is 0.173. The smallest absolute Gasteiger partial charge is 0.231 e. The van der Waals surface area contributed by atoms with Crippen molar-refractivity contribution in [3.63, 3.8) is 0 Å². The van der Waals surface area contributed by atoms with E-state index < -0.39 is 0 Å². The third-order valence-electron chi connectivity index (χ3n) is 1.27. The molecule has 0 atom stereocenters. The maximum absolute atomic E-state index is 8.93. The number of benzene rings is 1. The van der Waals surface area contributed by atoms with Crippen molar-refractivity contribution >= 4 is 0 Å². The van der Waals surface area contributed by atoms with Gasteiger partial charge in [-0.3, -0.25) is 0 Å². The molecule has 0 spiro atoms. The van der Waals surface area contributed by atoms with Crippen LogP contribution in [0.4, 0.5) is 0 Å². The largest absolute Gasteiger partial charge is 0.508 e. The fraction of sp³-hybridized carbons (Fsp3) is 0.143. The average molecular weight is 137 g/mol. The van der Waals surface area contributed by atoms with Gasteiger partial charge in [-0.25, -0.2) is 0 Å². The van der Waals surface area contributed by atoms with E-state index in [9.17, 15) is 0 Å². The van der Waals surface area contributed by atoms with Crippen LogP contribution in [0.2, 0.25) is 0 Å². The van der Waals surface area contributed by atoms with Gasteiger partial charge in [0.05, 0.1) is 0 Å². The molecule has 10 heavy (non-hydrogen) atoms. The van der Waals surface area contributed by atoms with Crippen molar-refractivity contribution < 1.29 is 14.6 Å². The monoisotopic (exact) mass is 137 g/mol. The average Bonchev–Trinajstić information content (AvgIpc) is 2.33. The minimum Gasteiger partial charge on any atom is -0.508 e. The van der Waals surface area contributed by atoms with Crippen LogP contribution in [-0.2, 0) is 0 Å². The predicted molar refractivity (Wildman–Crippen MR) is 33.1 cm³/mol. The molecule has 3 heteroatoms. The second-order valence-corrected chi connectivity index (χ2v) is 1.96. The molecule has 0 saturated heterocycles. The highest BCUT2D eigenvalue weighted by Gasteiger charge is 2.12. The first kappa shape index (κ1) is 5.41. The van der Waals surface area contributed by atoms with Crippen LogP contribution in [0.1, 0.15) is 0 Å². The van der Waals surface area contributed by atoms with Crippen LogP contribution in [0, 0.1) is 6.07 Å². The highest BCUT2D eigenvalue weighted by Crippen LogP contribution is 2.33. The second-order valence-electron chi connectivity index (χ2n) is 1.96. The van der Waals surface area contributed by atoms with E-state index in [1.165, 1.54) is 12.1 Å². The van der Waals surface area contributed by atoms with Crippen LogP contribution >= 0.6 is 0 Å². The number of ether oxygens (including phenoxy) is 2. The third-order valence-corrected chi connectivity index (χ3v) is 1.27. The molecular formula is C7H5O3. The summed E-state index contributed by atoms with van der Waals surface area (Å²) < 4.78 is 9.93. The molecule has 0 aliphatic carbocycles. The van der Waals surface area contributed by atoms with Crippen molar-refractivity contribution in [3.05, 3.63) is 18.2 Å². The normalized spacial score (nSPS) is 13.6. The van der Waals surface area contributed by atoms with Gasteiger partial charge in [-0.2, -0.15) is 0 Å². The Morgan fingerprint density at radius 1 is 1.50 bits per heavy atom. The minimum atomic E-state index is 0.143. The molecule has 2 rings (SSSR count). The van der Waals surface area contributed by atoms with Gasteiger partial charge in [0.25, 0.3) is 0 Å². The van der Waals surface area contributed by atoms with Crippen LogP contribution in [0.25, 0.3) is 0 Å². The van der Waals surface area contributed by atoms with Gasteiger partial charge in [0.2, 0.25) is 6.79 Å². The van der Waals surface area contributed by atoms with Gasteiger partial charge in [-0.15, -0.1) is 0 Å². The maximum atomic E-state index is 8.93. The van der Waals surface area contributed by atoms with Gasteiger partial charge in [0, 0.05) is 12.1 Å². The number of rotatable bonds is 0. The van der Waals surface area contributed by atoms with Crippen LogP contribution in [-0.4, -0.2) is 11.9 Å². The Morgan fingerprint density at radius 2 is 2.40 bits per heavy atom. The summed E-state index contributed by atoms with van der Waals surface area (Å²) in [6.45, 7) is 0.218. The highest BCUT2D eigenvalue weighted by atomic mass is 16.7. The molecule has 1 heterocycles. The summed E-state index contributed by atoms with van der Waals surface area (Å²) in [5, 5.41) is 8.93. The lowest BCUT2D eigenvalue weighted by Crippen LogP contribution is -1.92. The van der Waals surface area contributed by atoms with Gasteiger partial charge < -0.3 is 14.6 Å². The number of hydrogen-bond donors (Lipinski definition) is 1. The van der Waals surface area contributed by atoms with Gasteiger partial charge in [0.15, 0.2) is 11.5 Å². The second kappa shape index (κ2) is 1.80. The first-order chi connectivity index (χ1) is 4.86. The molecule has 0 unspecified atom stereocenters. The van der Waals surface area contributed by atoms with E-state index in [4.69, 9.17) is 14.6 Å². The fourth-order valence-electron chi connectivity index (χ4n) is 0.824. The standard InChI is InChI=1S/C7H5O3/c8-5-1-2-6-7(3-5)10-4-9-6/h1,3,8H,4H2. The summed E-state index contributed by atoms with van der Waals surface area (Å²) in [5.74, 6) is 1.27. The molecule has 0 fully saturated rings. The number of fused-ring (bicyclic) bond motifs is 1. The molecule has 0 amide bonds. The van der Waals surface area contributed by atoms with Crippen LogP contribution in [0.15, 0.2) is 12.1 Å². The Morgan fingerprint density at radius 3 is 3.30 bits per heavy atom. The Labute approximate surface area is 57.8 Å². The number of phenolic OH excluding ortho intramolecular Hbond substituents is 1. The van der Waals surface area contributed by atoms with E-state index in [0.29, 0.717) is 11.5 Å². The predicted octanol–water partition coefficient (Wildman–Crippen LogP) is 0.921. The van der Waals surface area contributed by atoms with E-state index in [1.807, 2.05) is 0 Å². The van der Waals surface area contributed by atoms with Gasteiger partial charge >= 0.3 is 0 Å². The molecule has 3 nitrogen and oxygen atoms in total. The quantitative estimate of drug-likeness (QED) is 0.577. The van der Waals surface area contributed by atoms with Crippen LogP contribution < -0.4 is 9.47 Å². The van der Waals surface area contributed by atoms with Crippen molar-refractivity contribution in [3.8, 4) is 17.2 Å². The summed E-state index contributed by atoms with van der Waals surface area (Å²) in [6, 6.07) is 5.66. The molecule has 1 N–H and O–H groups in total. The van der Waals surface area contributed by atoms with Crippen molar-refractivity contribution in [2.45, 2.75) is 0 Å². The molecule has 0 saturated carbocycles. The minimum absolute atomic E-state index is 0.143. The van der Waals surface area contributed by atoms with Crippen molar-refractivity contribution in [2.24, 2.45) is 0 Å². The van der Waals surface area contributed by atoms with E-state index in [1.54, 1.807) is 0 Å². The maximum Gasteiger partial charge on any atom is 0.231 e. The van der Waals surface area contributed by atoms with Gasteiger partial charge in [0.1, 0.15) is 5.75 Å². The lowest BCUT2D eigenvalue weighted by Gasteiger charge is -1.93. The zero-order valence-corrected chi connectivity index (χ0v) is 5.13. The van der Waals surface area contributed by atoms with Gasteiger partial charge in [-0.05, 0) is 6.07 Å². The topological polar surface area (TPSA) is 38.7 Å². The molecule has 0 aromatic heterocycles. The van der Waals surface area contributed by atoms with E-state index in [2.05, 4.69) is 6.07 Å². The lowest BCUT2D eigenvalue weighted by atomic mass is 10.3. The molecule has 1 aliphatic rings. The van der Waals surface area contributed by atoms with Gasteiger partial charge in [-0.1, -0.05) is 0 Å². The van der Waals surface area contributed by atoms with E-state index in [0.717, 1.165) is 0 Å². The van der Waals surface area contributed by atoms with Crippen molar-refractivity contribution in [2.75, 3.05) is 6.79 Å².